The smallest absolute Gasteiger partial charge is 0.391 e. The van der Waals surface area contributed by atoms with Crippen LogP contribution < -0.4 is 5.73 Å². The first kappa shape index (κ1) is 14.3. The Morgan fingerprint density at radius 3 is 2.42 bits per heavy atom. The Labute approximate surface area is 110 Å². The van der Waals surface area contributed by atoms with Gasteiger partial charge in [-0.1, -0.05) is 25.0 Å². The lowest BCUT2D eigenvalue weighted by Gasteiger charge is -2.25. The van der Waals surface area contributed by atoms with Crippen LogP contribution in [-0.2, 0) is 6.18 Å². The van der Waals surface area contributed by atoms with Gasteiger partial charge in [-0.25, -0.2) is 0 Å². The lowest BCUT2D eigenvalue weighted by Crippen LogP contribution is -2.32. The Hall–Kier alpha value is -1.07. The zero-order valence-electron chi connectivity index (χ0n) is 10.5. The van der Waals surface area contributed by atoms with Gasteiger partial charge in [0.25, 0.3) is 0 Å². The van der Waals surface area contributed by atoms with Gasteiger partial charge in [0.15, 0.2) is 0 Å². The summed E-state index contributed by atoms with van der Waals surface area (Å²) >= 11 is 0. The summed E-state index contributed by atoms with van der Waals surface area (Å²) in [5.74, 6) is 0.101. The maximum atomic E-state index is 12.6. The van der Waals surface area contributed by atoms with Crippen molar-refractivity contribution in [3.05, 3.63) is 35.4 Å². The summed E-state index contributed by atoms with van der Waals surface area (Å²) in [5, 5.41) is 10.2. The van der Waals surface area contributed by atoms with Crippen molar-refractivity contribution < 1.29 is 18.3 Å². The van der Waals surface area contributed by atoms with E-state index < -0.39 is 23.9 Å². The van der Waals surface area contributed by atoms with Crippen molar-refractivity contribution in [1.29, 1.82) is 0 Å². The van der Waals surface area contributed by atoms with Crippen molar-refractivity contribution in [3.8, 4) is 0 Å². The van der Waals surface area contributed by atoms with Crippen LogP contribution in [0.4, 0.5) is 13.2 Å². The summed E-state index contributed by atoms with van der Waals surface area (Å²) in [6.07, 6.45) is -1.25. The first-order valence-electron chi connectivity index (χ1n) is 6.50. The first-order valence-corrected chi connectivity index (χ1v) is 6.50. The molecule has 5 heteroatoms. The van der Waals surface area contributed by atoms with Crippen LogP contribution in [0.1, 0.15) is 42.9 Å². The molecule has 1 aromatic carbocycles. The van der Waals surface area contributed by atoms with Crippen molar-refractivity contribution in [2.45, 2.75) is 44.0 Å². The fourth-order valence-electron chi connectivity index (χ4n) is 2.71. The number of benzene rings is 1. The van der Waals surface area contributed by atoms with Crippen LogP contribution in [0.15, 0.2) is 24.3 Å². The van der Waals surface area contributed by atoms with E-state index in [2.05, 4.69) is 0 Å². The second-order valence-corrected chi connectivity index (χ2v) is 5.18. The number of hydrogen-bond acceptors (Lipinski definition) is 2. The third-order valence-corrected chi connectivity index (χ3v) is 3.85. The Bertz CT molecular complexity index is 427. The van der Waals surface area contributed by atoms with Gasteiger partial charge >= 0.3 is 6.18 Å². The third-order valence-electron chi connectivity index (χ3n) is 3.85. The lowest BCUT2D eigenvalue weighted by molar-refractivity contribution is -0.137. The Morgan fingerprint density at radius 2 is 1.84 bits per heavy atom. The molecular formula is C14H18F3NO. The highest BCUT2D eigenvalue weighted by atomic mass is 19.4. The van der Waals surface area contributed by atoms with Gasteiger partial charge < -0.3 is 10.8 Å². The molecule has 1 aliphatic carbocycles. The zero-order valence-corrected chi connectivity index (χ0v) is 10.5. The maximum absolute atomic E-state index is 12.6. The van der Waals surface area contributed by atoms with Gasteiger partial charge in [0.1, 0.15) is 0 Å². The van der Waals surface area contributed by atoms with Gasteiger partial charge in [0.2, 0.25) is 0 Å². The van der Waals surface area contributed by atoms with E-state index in [9.17, 15) is 18.3 Å². The molecule has 0 aliphatic heterocycles. The van der Waals surface area contributed by atoms with E-state index in [1.54, 1.807) is 0 Å². The molecule has 3 N–H and O–H groups in total. The van der Waals surface area contributed by atoms with E-state index in [1.807, 2.05) is 0 Å². The molecule has 19 heavy (non-hydrogen) atoms. The second-order valence-electron chi connectivity index (χ2n) is 5.18. The highest BCUT2D eigenvalue weighted by Crippen LogP contribution is 2.34. The van der Waals surface area contributed by atoms with Crippen molar-refractivity contribution in [2.24, 2.45) is 11.7 Å². The molecule has 106 valence electrons. The molecule has 1 aliphatic rings. The van der Waals surface area contributed by atoms with Crippen LogP contribution in [0, 0.1) is 5.92 Å². The molecular weight excluding hydrogens is 255 g/mol. The number of nitrogens with two attached hydrogens (primary N) is 1. The Balaban J connectivity index is 2.16. The van der Waals surface area contributed by atoms with Crippen LogP contribution in [0.3, 0.4) is 0 Å². The average molecular weight is 273 g/mol. The third kappa shape index (κ3) is 3.28. The van der Waals surface area contributed by atoms with Gasteiger partial charge in [0.05, 0.1) is 17.7 Å². The van der Waals surface area contributed by atoms with E-state index in [0.29, 0.717) is 5.56 Å². The monoisotopic (exact) mass is 273 g/mol. The van der Waals surface area contributed by atoms with Crippen molar-refractivity contribution in [3.63, 3.8) is 0 Å². The SMILES string of the molecule is N[C@H](c1cccc(C(F)(F)F)c1)[C@@H](O)C1CCCC1. The van der Waals surface area contributed by atoms with Crippen LogP contribution in [-0.4, -0.2) is 11.2 Å². The van der Waals surface area contributed by atoms with E-state index in [0.717, 1.165) is 37.8 Å². The fraction of sp³-hybridized carbons (Fsp3) is 0.571. The predicted molar refractivity (Wildman–Crippen MR) is 66.3 cm³/mol. The summed E-state index contributed by atoms with van der Waals surface area (Å²) in [4.78, 5) is 0. The summed E-state index contributed by atoms with van der Waals surface area (Å²) in [5.41, 5.74) is 5.53. The molecule has 0 spiro atoms. The molecule has 0 bridgehead atoms. The molecule has 2 rings (SSSR count). The van der Waals surface area contributed by atoms with Crippen molar-refractivity contribution in [2.75, 3.05) is 0 Å². The minimum absolute atomic E-state index is 0.101. The summed E-state index contributed by atoms with van der Waals surface area (Å²) in [7, 11) is 0. The van der Waals surface area contributed by atoms with Gasteiger partial charge in [0, 0.05) is 0 Å². The quantitative estimate of drug-likeness (QED) is 0.888. The molecule has 0 radical (unpaired) electrons. The highest BCUT2D eigenvalue weighted by molar-refractivity contribution is 5.28. The van der Waals surface area contributed by atoms with Crippen LogP contribution in [0.5, 0.6) is 0 Å². The number of alkyl halides is 3. The first-order chi connectivity index (χ1) is 8.89. The van der Waals surface area contributed by atoms with E-state index in [1.165, 1.54) is 12.1 Å². The Morgan fingerprint density at radius 1 is 1.21 bits per heavy atom. The van der Waals surface area contributed by atoms with Crippen LogP contribution >= 0.6 is 0 Å². The number of aliphatic hydroxyl groups is 1. The van der Waals surface area contributed by atoms with Crippen molar-refractivity contribution in [1.82, 2.24) is 0 Å². The molecule has 0 aromatic heterocycles. The van der Waals surface area contributed by atoms with Gasteiger partial charge in [-0.2, -0.15) is 13.2 Å². The second kappa shape index (κ2) is 5.51. The molecule has 1 aromatic rings. The number of halogens is 3. The maximum Gasteiger partial charge on any atom is 0.416 e. The fourth-order valence-corrected chi connectivity index (χ4v) is 2.71. The van der Waals surface area contributed by atoms with E-state index in [-0.39, 0.29) is 5.92 Å². The molecule has 0 saturated heterocycles. The van der Waals surface area contributed by atoms with E-state index >= 15 is 0 Å². The molecule has 0 amide bonds. The van der Waals surface area contributed by atoms with E-state index in [4.69, 9.17) is 5.73 Å². The molecule has 1 fully saturated rings. The van der Waals surface area contributed by atoms with Gasteiger partial charge in [-0.15, -0.1) is 0 Å². The largest absolute Gasteiger partial charge is 0.416 e. The van der Waals surface area contributed by atoms with Gasteiger partial charge in [-0.05, 0) is 36.5 Å². The number of hydrogen-bond donors (Lipinski definition) is 2. The highest BCUT2D eigenvalue weighted by Gasteiger charge is 2.33. The Kier molecular flexibility index (Phi) is 4.16. The van der Waals surface area contributed by atoms with Crippen molar-refractivity contribution >= 4 is 0 Å². The minimum atomic E-state index is -4.38. The molecule has 2 atom stereocenters. The lowest BCUT2D eigenvalue weighted by atomic mass is 9.90. The predicted octanol–water partition coefficient (Wildman–Crippen LogP) is 3.26. The topological polar surface area (TPSA) is 46.2 Å². The summed E-state index contributed by atoms with van der Waals surface area (Å²) in [6.45, 7) is 0. The van der Waals surface area contributed by atoms with Crippen LogP contribution in [0.25, 0.3) is 0 Å². The van der Waals surface area contributed by atoms with Crippen LogP contribution in [0.2, 0.25) is 0 Å². The molecule has 1 saturated carbocycles. The molecule has 0 unspecified atom stereocenters. The summed E-state index contributed by atoms with van der Waals surface area (Å²) in [6, 6.07) is 4.16. The minimum Gasteiger partial charge on any atom is -0.391 e. The normalized spacial score (nSPS) is 20.5. The number of aliphatic hydroxyl groups excluding tert-OH is 1. The number of rotatable bonds is 3. The molecule has 0 heterocycles. The molecule has 2 nitrogen and oxygen atoms in total. The van der Waals surface area contributed by atoms with Gasteiger partial charge in [-0.3, -0.25) is 0 Å². The zero-order chi connectivity index (χ0) is 14.0. The average Bonchev–Trinajstić information content (AvgIpc) is 2.90. The summed E-state index contributed by atoms with van der Waals surface area (Å²) < 4.78 is 37.9. The standard InChI is InChI=1S/C14H18F3NO/c15-14(16,17)11-7-3-6-10(8-11)12(18)13(19)9-4-1-2-5-9/h3,6-9,12-13,19H,1-2,4-5,18H2/t12-,13+/m1/s1.